The Morgan fingerprint density at radius 1 is 1.03 bits per heavy atom. The third kappa shape index (κ3) is 4.48. The van der Waals surface area contributed by atoms with Gasteiger partial charge in [0.25, 0.3) is 0 Å². The van der Waals surface area contributed by atoms with E-state index in [0.29, 0.717) is 6.42 Å². The highest BCUT2D eigenvalue weighted by atomic mass is 16.3. The first-order valence-corrected chi connectivity index (χ1v) is 11.0. The molecule has 1 amide bonds. The SMILES string of the molecule is CN(CCCN1c2ccccc2CCc2ccccc21)C(=O)[C@H]1CCC[C@@H](O)C1. The van der Waals surface area contributed by atoms with Crippen molar-refractivity contribution in [2.75, 3.05) is 25.0 Å². The van der Waals surface area contributed by atoms with E-state index in [4.69, 9.17) is 0 Å². The van der Waals surface area contributed by atoms with Crippen LogP contribution in [0.2, 0.25) is 0 Å². The second-order valence-electron chi connectivity index (χ2n) is 8.54. The largest absolute Gasteiger partial charge is 0.393 e. The molecule has 1 saturated carbocycles. The molecule has 2 aliphatic rings. The van der Waals surface area contributed by atoms with Gasteiger partial charge in [0.1, 0.15) is 0 Å². The predicted octanol–water partition coefficient (Wildman–Crippen LogP) is 4.32. The fourth-order valence-corrected chi connectivity index (χ4v) is 4.89. The fraction of sp³-hybridized carbons (Fsp3) is 0.480. The molecule has 1 fully saturated rings. The predicted molar refractivity (Wildman–Crippen MR) is 118 cm³/mol. The Balaban J connectivity index is 1.43. The Bertz CT molecular complexity index is 803. The molecule has 2 atom stereocenters. The van der Waals surface area contributed by atoms with E-state index in [1.165, 1.54) is 22.5 Å². The van der Waals surface area contributed by atoms with Crippen LogP contribution in [0.25, 0.3) is 0 Å². The molecule has 1 aliphatic heterocycles. The van der Waals surface area contributed by atoms with Crippen LogP contribution in [-0.4, -0.2) is 42.2 Å². The minimum Gasteiger partial charge on any atom is -0.393 e. The summed E-state index contributed by atoms with van der Waals surface area (Å²) in [7, 11) is 1.91. The number of nitrogens with zero attached hydrogens (tertiary/aromatic N) is 2. The normalized spacial score (nSPS) is 21.1. The summed E-state index contributed by atoms with van der Waals surface area (Å²) in [5.74, 6) is 0.184. The van der Waals surface area contributed by atoms with Gasteiger partial charge in [-0.1, -0.05) is 42.8 Å². The standard InChI is InChI=1S/C25H32N2O2/c1-26(25(29)21-10-6-11-22(28)18-21)16-7-17-27-23-12-4-2-8-19(23)14-15-20-9-3-5-13-24(20)27/h2-5,8-9,12-13,21-22,28H,6-7,10-11,14-18H2,1H3/t21-,22+/m0/s1. The highest BCUT2D eigenvalue weighted by Crippen LogP contribution is 2.36. The lowest BCUT2D eigenvalue weighted by Gasteiger charge is -2.30. The van der Waals surface area contributed by atoms with Gasteiger partial charge in [-0.15, -0.1) is 0 Å². The van der Waals surface area contributed by atoms with Gasteiger partial charge in [0, 0.05) is 37.4 Å². The first-order chi connectivity index (χ1) is 14.1. The van der Waals surface area contributed by atoms with Crippen molar-refractivity contribution in [2.24, 2.45) is 5.92 Å². The number of carbonyl (C=O) groups excluding carboxylic acids is 1. The van der Waals surface area contributed by atoms with Gasteiger partial charge >= 0.3 is 0 Å². The van der Waals surface area contributed by atoms with Crippen LogP contribution in [0.4, 0.5) is 11.4 Å². The van der Waals surface area contributed by atoms with E-state index in [0.717, 1.165) is 51.6 Å². The summed E-state index contributed by atoms with van der Waals surface area (Å²) in [5, 5.41) is 9.89. The Hall–Kier alpha value is -2.33. The molecule has 154 valence electrons. The first kappa shape index (κ1) is 20.0. The van der Waals surface area contributed by atoms with Gasteiger partial charge in [0.15, 0.2) is 0 Å². The molecule has 2 aromatic carbocycles. The van der Waals surface area contributed by atoms with Crippen molar-refractivity contribution in [2.45, 2.75) is 51.0 Å². The number of fused-ring (bicyclic) bond motifs is 2. The number of amides is 1. The highest BCUT2D eigenvalue weighted by molar-refractivity contribution is 5.78. The lowest BCUT2D eigenvalue weighted by molar-refractivity contribution is -0.136. The van der Waals surface area contributed by atoms with Crippen LogP contribution < -0.4 is 4.90 Å². The maximum absolute atomic E-state index is 12.8. The summed E-state index contributed by atoms with van der Waals surface area (Å²) < 4.78 is 0. The molecule has 2 aromatic rings. The molecular weight excluding hydrogens is 360 g/mol. The summed E-state index contributed by atoms with van der Waals surface area (Å²) in [6.45, 7) is 1.63. The van der Waals surface area contributed by atoms with Crippen LogP contribution in [0.15, 0.2) is 48.5 Å². The van der Waals surface area contributed by atoms with Crippen molar-refractivity contribution in [3.63, 3.8) is 0 Å². The van der Waals surface area contributed by atoms with Gasteiger partial charge in [-0.3, -0.25) is 4.79 Å². The smallest absolute Gasteiger partial charge is 0.225 e. The van der Waals surface area contributed by atoms with E-state index in [2.05, 4.69) is 53.4 Å². The number of carbonyl (C=O) groups is 1. The molecule has 0 aromatic heterocycles. The third-order valence-corrected chi connectivity index (χ3v) is 6.48. The van der Waals surface area contributed by atoms with E-state index in [1.807, 2.05) is 11.9 Å². The summed E-state index contributed by atoms with van der Waals surface area (Å²) in [6, 6.07) is 17.4. The summed E-state index contributed by atoms with van der Waals surface area (Å²) in [4.78, 5) is 17.1. The van der Waals surface area contributed by atoms with Crippen LogP contribution in [0.5, 0.6) is 0 Å². The number of hydrogen-bond acceptors (Lipinski definition) is 3. The van der Waals surface area contributed by atoms with Gasteiger partial charge in [-0.05, 0) is 61.8 Å². The van der Waals surface area contributed by atoms with Gasteiger partial charge < -0.3 is 14.9 Å². The third-order valence-electron chi connectivity index (χ3n) is 6.48. The number of hydrogen-bond donors (Lipinski definition) is 1. The van der Waals surface area contributed by atoms with E-state index in [9.17, 15) is 9.90 Å². The Morgan fingerprint density at radius 2 is 1.66 bits per heavy atom. The second kappa shape index (κ2) is 9.00. The van der Waals surface area contributed by atoms with Crippen LogP contribution in [-0.2, 0) is 17.6 Å². The minimum atomic E-state index is -0.309. The molecule has 4 nitrogen and oxygen atoms in total. The van der Waals surface area contributed by atoms with Gasteiger partial charge in [-0.25, -0.2) is 0 Å². The summed E-state index contributed by atoms with van der Waals surface area (Å²) in [6.07, 6.45) is 6.05. The van der Waals surface area contributed by atoms with E-state index < -0.39 is 0 Å². The van der Waals surface area contributed by atoms with Gasteiger partial charge in [0.05, 0.1) is 6.10 Å². The molecule has 0 radical (unpaired) electrons. The highest BCUT2D eigenvalue weighted by Gasteiger charge is 2.28. The van der Waals surface area contributed by atoms with Gasteiger partial charge in [-0.2, -0.15) is 0 Å². The van der Waals surface area contributed by atoms with Crippen LogP contribution >= 0.6 is 0 Å². The molecule has 4 heteroatoms. The van der Waals surface area contributed by atoms with Crippen molar-refractivity contribution in [3.8, 4) is 0 Å². The molecule has 0 spiro atoms. The average molecular weight is 393 g/mol. The zero-order valence-corrected chi connectivity index (χ0v) is 17.4. The number of aliphatic hydroxyl groups excluding tert-OH is 1. The Kier molecular flexibility index (Phi) is 6.19. The zero-order valence-electron chi connectivity index (χ0n) is 17.4. The Morgan fingerprint density at radius 3 is 2.28 bits per heavy atom. The average Bonchev–Trinajstić information content (AvgIpc) is 2.90. The van der Waals surface area contributed by atoms with E-state index in [1.54, 1.807) is 0 Å². The number of anilines is 2. The fourth-order valence-electron chi connectivity index (χ4n) is 4.89. The monoisotopic (exact) mass is 392 g/mol. The van der Waals surface area contributed by atoms with E-state index >= 15 is 0 Å². The van der Waals surface area contributed by atoms with Crippen molar-refractivity contribution in [1.82, 2.24) is 4.90 Å². The minimum absolute atomic E-state index is 0.0108. The number of rotatable bonds is 5. The summed E-state index contributed by atoms with van der Waals surface area (Å²) in [5.41, 5.74) is 5.37. The van der Waals surface area contributed by atoms with Crippen molar-refractivity contribution < 1.29 is 9.90 Å². The van der Waals surface area contributed by atoms with Crippen molar-refractivity contribution in [3.05, 3.63) is 59.7 Å². The summed E-state index contributed by atoms with van der Waals surface area (Å²) >= 11 is 0. The number of para-hydroxylation sites is 2. The molecule has 1 heterocycles. The number of aryl methyl sites for hydroxylation is 2. The molecule has 4 rings (SSSR count). The molecule has 1 N–H and O–H groups in total. The molecule has 0 bridgehead atoms. The maximum atomic E-state index is 12.8. The first-order valence-electron chi connectivity index (χ1n) is 11.0. The van der Waals surface area contributed by atoms with Gasteiger partial charge in [0.2, 0.25) is 5.91 Å². The molecule has 0 unspecified atom stereocenters. The number of benzene rings is 2. The number of aliphatic hydroxyl groups is 1. The molecule has 1 aliphatic carbocycles. The topological polar surface area (TPSA) is 43.8 Å². The van der Waals surface area contributed by atoms with Crippen LogP contribution in [0.1, 0.15) is 43.2 Å². The maximum Gasteiger partial charge on any atom is 0.225 e. The quantitative estimate of drug-likeness (QED) is 0.824. The van der Waals surface area contributed by atoms with E-state index in [-0.39, 0.29) is 17.9 Å². The zero-order chi connectivity index (χ0) is 20.2. The molecule has 0 saturated heterocycles. The lowest BCUT2D eigenvalue weighted by atomic mass is 9.86. The molecular formula is C25H32N2O2. The molecule has 29 heavy (non-hydrogen) atoms. The Labute approximate surface area is 174 Å². The van der Waals surface area contributed by atoms with Crippen LogP contribution in [0.3, 0.4) is 0 Å². The van der Waals surface area contributed by atoms with Crippen molar-refractivity contribution >= 4 is 17.3 Å². The lowest BCUT2D eigenvalue weighted by Crippen LogP contribution is -2.38. The van der Waals surface area contributed by atoms with Crippen molar-refractivity contribution in [1.29, 1.82) is 0 Å². The van der Waals surface area contributed by atoms with Crippen LogP contribution in [0, 0.1) is 5.92 Å². The second-order valence-corrected chi connectivity index (χ2v) is 8.54.